The molecule has 1 unspecified atom stereocenters. The van der Waals surface area contributed by atoms with Crippen molar-refractivity contribution in [2.24, 2.45) is 0 Å². The SMILES string of the molecule is CCC1COCCN1c1cc(C)nc2ccc(N)cc12. The molecule has 0 amide bonds. The molecule has 0 radical (unpaired) electrons. The molecule has 1 aliphatic heterocycles. The van der Waals surface area contributed by atoms with Gasteiger partial charge in [0.25, 0.3) is 0 Å². The highest BCUT2D eigenvalue weighted by Crippen LogP contribution is 2.31. The second-order valence-electron chi connectivity index (χ2n) is 5.39. The molecule has 0 bridgehead atoms. The van der Waals surface area contributed by atoms with Crippen molar-refractivity contribution in [3.63, 3.8) is 0 Å². The second kappa shape index (κ2) is 5.29. The summed E-state index contributed by atoms with van der Waals surface area (Å²) < 4.78 is 5.61. The zero-order valence-electron chi connectivity index (χ0n) is 12.1. The summed E-state index contributed by atoms with van der Waals surface area (Å²) >= 11 is 0. The highest BCUT2D eigenvalue weighted by molar-refractivity contribution is 5.94. The van der Waals surface area contributed by atoms with Gasteiger partial charge in [0.2, 0.25) is 0 Å². The van der Waals surface area contributed by atoms with Crippen molar-refractivity contribution in [2.45, 2.75) is 26.3 Å². The molecule has 106 valence electrons. The average Bonchev–Trinajstić information content (AvgIpc) is 2.47. The van der Waals surface area contributed by atoms with Crippen LogP contribution in [-0.2, 0) is 4.74 Å². The van der Waals surface area contributed by atoms with Crippen LogP contribution in [0.1, 0.15) is 19.0 Å². The molecule has 1 aromatic carbocycles. The highest BCUT2D eigenvalue weighted by Gasteiger charge is 2.23. The number of nitrogen functional groups attached to an aromatic ring is 1. The Hall–Kier alpha value is -1.81. The van der Waals surface area contributed by atoms with Gasteiger partial charge in [-0.1, -0.05) is 6.92 Å². The fourth-order valence-corrected chi connectivity index (χ4v) is 2.90. The number of aromatic nitrogens is 1. The van der Waals surface area contributed by atoms with Gasteiger partial charge in [0.05, 0.1) is 24.8 Å². The first-order chi connectivity index (χ1) is 9.69. The molecule has 4 heteroatoms. The lowest BCUT2D eigenvalue weighted by atomic mass is 10.1. The zero-order valence-corrected chi connectivity index (χ0v) is 12.1. The van der Waals surface area contributed by atoms with Gasteiger partial charge in [0, 0.05) is 29.0 Å². The summed E-state index contributed by atoms with van der Waals surface area (Å²) in [7, 11) is 0. The lowest BCUT2D eigenvalue weighted by Gasteiger charge is -2.37. The molecule has 2 aromatic rings. The number of nitrogens with two attached hydrogens (primary N) is 1. The molecule has 2 N–H and O–H groups in total. The Kier molecular flexibility index (Phi) is 3.49. The van der Waals surface area contributed by atoms with Crippen molar-refractivity contribution in [1.29, 1.82) is 0 Å². The third kappa shape index (κ3) is 2.31. The number of fused-ring (bicyclic) bond motifs is 1. The minimum Gasteiger partial charge on any atom is -0.399 e. The third-order valence-electron chi connectivity index (χ3n) is 3.95. The van der Waals surface area contributed by atoms with Crippen LogP contribution >= 0.6 is 0 Å². The Bertz CT molecular complexity index is 626. The fourth-order valence-electron chi connectivity index (χ4n) is 2.90. The standard InChI is InChI=1S/C16H21N3O/c1-3-13-10-20-7-6-19(13)16-8-11(2)18-15-5-4-12(17)9-14(15)16/h4-5,8-9,13H,3,6-7,10,17H2,1-2H3. The van der Waals surface area contributed by atoms with E-state index in [9.17, 15) is 0 Å². The predicted octanol–water partition coefficient (Wildman–Crippen LogP) is 2.74. The summed E-state index contributed by atoms with van der Waals surface area (Å²) in [6, 6.07) is 8.53. The Balaban J connectivity index is 2.15. The molecule has 0 spiro atoms. The van der Waals surface area contributed by atoms with E-state index >= 15 is 0 Å². The van der Waals surface area contributed by atoms with Gasteiger partial charge in [0.15, 0.2) is 0 Å². The summed E-state index contributed by atoms with van der Waals surface area (Å²) in [5, 5.41) is 1.14. The van der Waals surface area contributed by atoms with Gasteiger partial charge in [-0.2, -0.15) is 0 Å². The van der Waals surface area contributed by atoms with Gasteiger partial charge in [-0.25, -0.2) is 0 Å². The lowest BCUT2D eigenvalue weighted by molar-refractivity contribution is 0.0931. The quantitative estimate of drug-likeness (QED) is 0.853. The number of pyridine rings is 1. The van der Waals surface area contributed by atoms with Gasteiger partial charge in [-0.05, 0) is 37.6 Å². The van der Waals surface area contributed by atoms with Crippen LogP contribution in [0.25, 0.3) is 10.9 Å². The second-order valence-corrected chi connectivity index (χ2v) is 5.39. The molecule has 20 heavy (non-hydrogen) atoms. The number of morpholine rings is 1. The largest absolute Gasteiger partial charge is 0.399 e. The summed E-state index contributed by atoms with van der Waals surface area (Å²) in [6.45, 7) is 6.74. The minimum absolute atomic E-state index is 0.426. The summed E-state index contributed by atoms with van der Waals surface area (Å²) in [4.78, 5) is 7.05. The van der Waals surface area contributed by atoms with E-state index in [0.717, 1.165) is 48.5 Å². The Morgan fingerprint density at radius 1 is 1.40 bits per heavy atom. The third-order valence-corrected chi connectivity index (χ3v) is 3.95. The van der Waals surface area contributed by atoms with Crippen molar-refractivity contribution < 1.29 is 4.74 Å². The molecule has 1 atom stereocenters. The van der Waals surface area contributed by atoms with Gasteiger partial charge >= 0.3 is 0 Å². The molecular weight excluding hydrogens is 250 g/mol. The van der Waals surface area contributed by atoms with Crippen molar-refractivity contribution in [1.82, 2.24) is 4.98 Å². The van der Waals surface area contributed by atoms with E-state index in [1.807, 2.05) is 25.1 Å². The van der Waals surface area contributed by atoms with E-state index in [2.05, 4.69) is 22.9 Å². The normalized spacial score (nSPS) is 19.5. The summed E-state index contributed by atoms with van der Waals surface area (Å²) in [5.41, 5.74) is 10.0. The van der Waals surface area contributed by atoms with E-state index in [1.165, 1.54) is 5.69 Å². The molecule has 3 rings (SSSR count). The Morgan fingerprint density at radius 2 is 2.25 bits per heavy atom. The van der Waals surface area contributed by atoms with Crippen LogP contribution in [0, 0.1) is 6.92 Å². The zero-order chi connectivity index (χ0) is 14.1. The van der Waals surface area contributed by atoms with Crippen molar-refractivity contribution in [3.8, 4) is 0 Å². The molecule has 1 fully saturated rings. The maximum Gasteiger partial charge on any atom is 0.0727 e. The molecule has 1 aliphatic rings. The van der Waals surface area contributed by atoms with E-state index in [-0.39, 0.29) is 0 Å². The van der Waals surface area contributed by atoms with Crippen molar-refractivity contribution in [2.75, 3.05) is 30.4 Å². The molecule has 2 heterocycles. The van der Waals surface area contributed by atoms with Gasteiger partial charge in [-0.15, -0.1) is 0 Å². The maximum atomic E-state index is 5.96. The average molecular weight is 271 g/mol. The highest BCUT2D eigenvalue weighted by atomic mass is 16.5. The number of aryl methyl sites for hydroxylation is 1. The molecule has 4 nitrogen and oxygen atoms in total. The maximum absolute atomic E-state index is 5.96. The fraction of sp³-hybridized carbons (Fsp3) is 0.438. The summed E-state index contributed by atoms with van der Waals surface area (Å²) in [6.07, 6.45) is 1.07. The van der Waals surface area contributed by atoms with Gasteiger partial charge in [0.1, 0.15) is 0 Å². The van der Waals surface area contributed by atoms with Gasteiger partial charge < -0.3 is 15.4 Å². The number of anilines is 2. The van der Waals surface area contributed by atoms with Crippen molar-refractivity contribution in [3.05, 3.63) is 30.0 Å². The monoisotopic (exact) mass is 271 g/mol. The molecule has 1 aromatic heterocycles. The Morgan fingerprint density at radius 3 is 3.05 bits per heavy atom. The predicted molar refractivity (Wildman–Crippen MR) is 83.1 cm³/mol. The van der Waals surface area contributed by atoms with E-state index in [4.69, 9.17) is 10.5 Å². The number of hydrogen-bond donors (Lipinski definition) is 1. The van der Waals surface area contributed by atoms with Crippen LogP contribution in [-0.4, -0.2) is 30.8 Å². The number of hydrogen-bond acceptors (Lipinski definition) is 4. The molecular formula is C16H21N3O. The minimum atomic E-state index is 0.426. The Labute approximate surface area is 119 Å². The van der Waals surface area contributed by atoms with Crippen LogP contribution in [0.4, 0.5) is 11.4 Å². The topological polar surface area (TPSA) is 51.4 Å². The first-order valence-corrected chi connectivity index (χ1v) is 7.20. The van der Waals surface area contributed by atoms with Crippen LogP contribution in [0.15, 0.2) is 24.3 Å². The first kappa shape index (κ1) is 13.2. The lowest BCUT2D eigenvalue weighted by Crippen LogP contribution is -2.45. The number of nitrogens with zero attached hydrogens (tertiary/aromatic N) is 2. The van der Waals surface area contributed by atoms with Crippen LogP contribution in [0.3, 0.4) is 0 Å². The van der Waals surface area contributed by atoms with E-state index < -0.39 is 0 Å². The molecule has 1 saturated heterocycles. The van der Waals surface area contributed by atoms with Crippen LogP contribution in [0.5, 0.6) is 0 Å². The molecule has 0 aliphatic carbocycles. The summed E-state index contributed by atoms with van der Waals surface area (Å²) in [5.74, 6) is 0. The first-order valence-electron chi connectivity index (χ1n) is 7.20. The van der Waals surface area contributed by atoms with Crippen LogP contribution < -0.4 is 10.6 Å². The van der Waals surface area contributed by atoms with Crippen molar-refractivity contribution >= 4 is 22.3 Å². The van der Waals surface area contributed by atoms with E-state index in [1.54, 1.807) is 0 Å². The number of benzene rings is 1. The van der Waals surface area contributed by atoms with Crippen LogP contribution in [0.2, 0.25) is 0 Å². The molecule has 0 saturated carbocycles. The van der Waals surface area contributed by atoms with E-state index in [0.29, 0.717) is 6.04 Å². The number of ether oxygens (including phenoxy) is 1. The van der Waals surface area contributed by atoms with Gasteiger partial charge in [-0.3, -0.25) is 4.98 Å². The number of rotatable bonds is 2. The smallest absolute Gasteiger partial charge is 0.0727 e.